The first kappa shape index (κ1) is 12.4. The van der Waals surface area contributed by atoms with E-state index in [0.29, 0.717) is 5.92 Å². The van der Waals surface area contributed by atoms with Crippen molar-refractivity contribution in [3.63, 3.8) is 0 Å². The Morgan fingerprint density at radius 2 is 1.94 bits per heavy atom. The van der Waals surface area contributed by atoms with Crippen LogP contribution in [0.4, 0.5) is 0 Å². The molecule has 2 aliphatic carbocycles. The quantitative estimate of drug-likeness (QED) is 0.815. The number of fused-ring (bicyclic) bond motifs is 2. The van der Waals surface area contributed by atoms with Gasteiger partial charge in [-0.3, -0.25) is 10.2 Å². The van der Waals surface area contributed by atoms with E-state index >= 15 is 0 Å². The van der Waals surface area contributed by atoms with Crippen LogP contribution in [0.5, 0.6) is 0 Å². The Labute approximate surface area is 110 Å². The molecule has 0 unspecified atom stereocenters. The lowest BCUT2D eigenvalue weighted by Gasteiger charge is -2.33. The predicted molar refractivity (Wildman–Crippen MR) is 70.8 cm³/mol. The van der Waals surface area contributed by atoms with Gasteiger partial charge in [0.1, 0.15) is 0 Å². The first-order chi connectivity index (χ1) is 8.70. The number of hydrogen-bond donors (Lipinski definition) is 1. The maximum Gasteiger partial charge on any atom is 0.234 e. The Balaban J connectivity index is 1.42. The number of likely N-dealkylation sites (N-methyl/N-ethyl adjacent to an activating group) is 1. The van der Waals surface area contributed by atoms with Gasteiger partial charge in [0, 0.05) is 32.6 Å². The maximum absolute atomic E-state index is 12.1. The van der Waals surface area contributed by atoms with Gasteiger partial charge in [-0.25, -0.2) is 5.01 Å². The molecule has 3 fully saturated rings. The van der Waals surface area contributed by atoms with E-state index in [9.17, 15) is 4.79 Å². The summed E-state index contributed by atoms with van der Waals surface area (Å²) in [5.74, 6) is 2.72. The van der Waals surface area contributed by atoms with Crippen molar-refractivity contribution in [1.82, 2.24) is 15.3 Å². The van der Waals surface area contributed by atoms with E-state index in [1.54, 1.807) is 0 Å². The van der Waals surface area contributed by atoms with Crippen molar-refractivity contribution in [3.05, 3.63) is 0 Å². The van der Waals surface area contributed by atoms with Crippen LogP contribution in [0.2, 0.25) is 0 Å². The number of amides is 1. The average Bonchev–Trinajstić information content (AvgIpc) is 2.94. The Kier molecular flexibility index (Phi) is 3.57. The van der Waals surface area contributed by atoms with E-state index < -0.39 is 0 Å². The Bertz CT molecular complexity index is 312. The van der Waals surface area contributed by atoms with Gasteiger partial charge in [0.2, 0.25) is 5.91 Å². The molecule has 4 heteroatoms. The molecule has 0 aromatic rings. The summed E-state index contributed by atoms with van der Waals surface area (Å²) in [6, 6.07) is 0. The summed E-state index contributed by atoms with van der Waals surface area (Å²) < 4.78 is 0. The van der Waals surface area contributed by atoms with Gasteiger partial charge >= 0.3 is 0 Å². The highest BCUT2D eigenvalue weighted by molar-refractivity contribution is 5.75. The molecule has 4 nitrogen and oxygen atoms in total. The molecule has 18 heavy (non-hydrogen) atoms. The van der Waals surface area contributed by atoms with E-state index in [1.807, 2.05) is 0 Å². The number of hydrogen-bond acceptors (Lipinski definition) is 3. The van der Waals surface area contributed by atoms with Gasteiger partial charge in [-0.2, -0.15) is 0 Å². The summed E-state index contributed by atoms with van der Waals surface area (Å²) in [4.78, 5) is 14.4. The van der Waals surface area contributed by atoms with Crippen LogP contribution in [-0.2, 0) is 4.79 Å². The molecule has 1 N–H and O–H groups in total. The molecule has 1 aliphatic heterocycles. The molecule has 3 atom stereocenters. The van der Waals surface area contributed by atoms with Crippen LogP contribution in [0.25, 0.3) is 0 Å². The number of nitrogens with one attached hydrogen (secondary N) is 1. The summed E-state index contributed by atoms with van der Waals surface area (Å²) in [6.07, 6.45) is 6.25. The number of nitrogens with zero attached hydrogens (tertiary/aromatic N) is 2. The molecule has 3 rings (SSSR count). The second kappa shape index (κ2) is 5.17. The highest BCUT2D eigenvalue weighted by Crippen LogP contribution is 2.49. The van der Waals surface area contributed by atoms with E-state index in [-0.39, 0.29) is 5.91 Å². The summed E-state index contributed by atoms with van der Waals surface area (Å²) >= 11 is 0. The lowest BCUT2D eigenvalue weighted by molar-refractivity contribution is -0.128. The minimum Gasteiger partial charge on any atom is -0.304 e. The van der Waals surface area contributed by atoms with Crippen molar-refractivity contribution >= 4 is 5.91 Å². The van der Waals surface area contributed by atoms with Gasteiger partial charge in [-0.1, -0.05) is 6.42 Å². The molecule has 2 bridgehead atoms. The third kappa shape index (κ3) is 2.69. The van der Waals surface area contributed by atoms with Crippen molar-refractivity contribution in [2.45, 2.75) is 32.1 Å². The number of piperazine rings is 1. The highest BCUT2D eigenvalue weighted by Gasteiger charge is 2.40. The zero-order chi connectivity index (χ0) is 12.5. The monoisotopic (exact) mass is 251 g/mol. The van der Waals surface area contributed by atoms with E-state index in [4.69, 9.17) is 0 Å². The minimum absolute atomic E-state index is 0.247. The van der Waals surface area contributed by atoms with Gasteiger partial charge in [-0.05, 0) is 44.1 Å². The van der Waals surface area contributed by atoms with Crippen LogP contribution >= 0.6 is 0 Å². The van der Waals surface area contributed by atoms with Crippen molar-refractivity contribution in [2.75, 3.05) is 33.2 Å². The van der Waals surface area contributed by atoms with Crippen molar-refractivity contribution in [2.24, 2.45) is 17.8 Å². The zero-order valence-electron chi connectivity index (χ0n) is 11.4. The van der Waals surface area contributed by atoms with Gasteiger partial charge in [0.15, 0.2) is 0 Å². The third-order valence-corrected chi connectivity index (χ3v) is 5.12. The van der Waals surface area contributed by atoms with Crippen molar-refractivity contribution < 1.29 is 4.79 Å². The van der Waals surface area contributed by atoms with Crippen LogP contribution in [0.1, 0.15) is 32.1 Å². The molecule has 102 valence electrons. The molecule has 1 saturated heterocycles. The molecule has 2 saturated carbocycles. The zero-order valence-corrected chi connectivity index (χ0v) is 11.4. The first-order valence-corrected chi connectivity index (χ1v) is 7.43. The Morgan fingerprint density at radius 3 is 2.56 bits per heavy atom. The molecule has 0 radical (unpaired) electrons. The maximum atomic E-state index is 12.1. The minimum atomic E-state index is 0.247. The topological polar surface area (TPSA) is 35.6 Å². The predicted octanol–water partition coefficient (Wildman–Crippen LogP) is 1.09. The van der Waals surface area contributed by atoms with Gasteiger partial charge < -0.3 is 4.90 Å². The summed E-state index contributed by atoms with van der Waals surface area (Å²) in [7, 11) is 2.13. The third-order valence-electron chi connectivity index (χ3n) is 5.12. The normalized spacial score (nSPS) is 37.1. The summed E-state index contributed by atoms with van der Waals surface area (Å²) in [6.45, 7) is 4.01. The molecule has 0 aromatic carbocycles. The van der Waals surface area contributed by atoms with E-state index in [0.717, 1.165) is 44.4 Å². The lowest BCUT2D eigenvalue weighted by Crippen LogP contribution is -2.52. The smallest absolute Gasteiger partial charge is 0.234 e. The average molecular weight is 251 g/mol. The SMILES string of the molecule is CN1CCN(NC(=O)C[C@H]2C[C@@H]3CC[C@H]2C3)CC1. The van der Waals surface area contributed by atoms with Gasteiger partial charge in [0.05, 0.1) is 0 Å². The van der Waals surface area contributed by atoms with Crippen LogP contribution < -0.4 is 5.43 Å². The standard InChI is InChI=1S/C14H25N3O/c1-16-4-6-17(7-5-16)15-14(18)10-13-9-11-2-3-12(13)8-11/h11-13H,2-10H2,1H3,(H,15,18)/t11-,12+,13-/m1/s1. The van der Waals surface area contributed by atoms with Crippen LogP contribution in [0.3, 0.4) is 0 Å². The fraction of sp³-hybridized carbons (Fsp3) is 0.929. The second-order valence-corrected chi connectivity index (χ2v) is 6.46. The molecular formula is C14H25N3O. The Morgan fingerprint density at radius 1 is 1.17 bits per heavy atom. The first-order valence-electron chi connectivity index (χ1n) is 7.43. The number of carbonyl (C=O) groups excluding carboxylic acids is 1. The van der Waals surface area contributed by atoms with Crippen LogP contribution in [0, 0.1) is 17.8 Å². The van der Waals surface area contributed by atoms with Crippen LogP contribution in [0.15, 0.2) is 0 Å². The number of carbonyl (C=O) groups is 1. The lowest BCUT2D eigenvalue weighted by atomic mass is 9.86. The molecule has 0 spiro atoms. The highest BCUT2D eigenvalue weighted by atomic mass is 16.2. The molecular weight excluding hydrogens is 226 g/mol. The van der Waals surface area contributed by atoms with Crippen molar-refractivity contribution in [3.8, 4) is 0 Å². The van der Waals surface area contributed by atoms with E-state index in [2.05, 4.69) is 22.4 Å². The Hall–Kier alpha value is -0.610. The molecule has 3 aliphatic rings. The van der Waals surface area contributed by atoms with Gasteiger partial charge in [-0.15, -0.1) is 0 Å². The van der Waals surface area contributed by atoms with Crippen molar-refractivity contribution in [1.29, 1.82) is 0 Å². The number of hydrazine groups is 1. The summed E-state index contributed by atoms with van der Waals surface area (Å²) in [5.41, 5.74) is 3.09. The number of rotatable bonds is 3. The van der Waals surface area contributed by atoms with Gasteiger partial charge in [0.25, 0.3) is 0 Å². The fourth-order valence-corrected chi connectivity index (χ4v) is 4.00. The summed E-state index contributed by atoms with van der Waals surface area (Å²) in [5, 5.41) is 2.09. The molecule has 0 aromatic heterocycles. The second-order valence-electron chi connectivity index (χ2n) is 6.46. The fourth-order valence-electron chi connectivity index (χ4n) is 4.00. The largest absolute Gasteiger partial charge is 0.304 e. The molecule has 1 amide bonds. The van der Waals surface area contributed by atoms with E-state index in [1.165, 1.54) is 25.7 Å². The van der Waals surface area contributed by atoms with Crippen LogP contribution in [-0.4, -0.2) is 49.0 Å². The molecule has 1 heterocycles.